The lowest BCUT2D eigenvalue weighted by Crippen LogP contribution is -2.32. The quantitative estimate of drug-likeness (QED) is 0.746. The summed E-state index contributed by atoms with van der Waals surface area (Å²) in [6, 6.07) is 19.7. The Kier molecular flexibility index (Phi) is 4.79. The van der Waals surface area contributed by atoms with Crippen molar-refractivity contribution in [2.24, 2.45) is 0 Å². The van der Waals surface area contributed by atoms with Gasteiger partial charge in [-0.25, -0.2) is 0 Å². The standard InChI is InChI=1S/C19H22O2/c1-4-17(15-11-7-5-8-12-15)21-18(20)19(2,3)16-13-9-6-10-14-16/h5-14,17H,4H2,1-3H3. The highest BCUT2D eigenvalue weighted by Gasteiger charge is 2.33. The van der Waals surface area contributed by atoms with Gasteiger partial charge in [-0.15, -0.1) is 0 Å². The van der Waals surface area contributed by atoms with Crippen molar-refractivity contribution >= 4 is 5.97 Å². The monoisotopic (exact) mass is 282 g/mol. The average molecular weight is 282 g/mol. The summed E-state index contributed by atoms with van der Waals surface area (Å²) >= 11 is 0. The summed E-state index contributed by atoms with van der Waals surface area (Å²) < 4.78 is 5.77. The lowest BCUT2D eigenvalue weighted by atomic mass is 9.85. The Morgan fingerprint density at radius 2 is 1.52 bits per heavy atom. The van der Waals surface area contributed by atoms with Crippen molar-refractivity contribution in [3.05, 3.63) is 71.8 Å². The minimum absolute atomic E-state index is 0.190. The number of hydrogen-bond acceptors (Lipinski definition) is 2. The highest BCUT2D eigenvalue weighted by Crippen LogP contribution is 2.29. The zero-order valence-electron chi connectivity index (χ0n) is 12.9. The Balaban J connectivity index is 2.16. The van der Waals surface area contributed by atoms with Crippen LogP contribution in [0, 0.1) is 0 Å². The van der Waals surface area contributed by atoms with Crippen LogP contribution in [0.4, 0.5) is 0 Å². The van der Waals surface area contributed by atoms with E-state index in [1.54, 1.807) is 0 Å². The molecule has 0 N–H and O–H groups in total. The molecule has 0 bridgehead atoms. The van der Waals surface area contributed by atoms with E-state index in [0.29, 0.717) is 0 Å². The molecule has 0 spiro atoms. The van der Waals surface area contributed by atoms with Gasteiger partial charge in [-0.05, 0) is 31.4 Å². The number of ether oxygens (including phenoxy) is 1. The van der Waals surface area contributed by atoms with Gasteiger partial charge in [0.25, 0.3) is 0 Å². The number of carbonyl (C=O) groups is 1. The fourth-order valence-corrected chi connectivity index (χ4v) is 2.30. The van der Waals surface area contributed by atoms with Gasteiger partial charge >= 0.3 is 5.97 Å². The molecule has 0 aliphatic rings. The maximum atomic E-state index is 12.6. The third-order valence-corrected chi connectivity index (χ3v) is 3.80. The molecule has 2 rings (SSSR count). The number of esters is 1. The molecule has 0 aliphatic carbocycles. The van der Waals surface area contributed by atoms with Gasteiger partial charge in [0.15, 0.2) is 0 Å². The van der Waals surface area contributed by atoms with Gasteiger partial charge in [0, 0.05) is 0 Å². The molecule has 0 saturated carbocycles. The summed E-state index contributed by atoms with van der Waals surface area (Å²) in [5, 5.41) is 0. The van der Waals surface area contributed by atoms with Crippen molar-refractivity contribution in [2.45, 2.75) is 38.7 Å². The third kappa shape index (κ3) is 3.52. The minimum Gasteiger partial charge on any atom is -0.457 e. The molecule has 0 aliphatic heterocycles. The zero-order valence-corrected chi connectivity index (χ0v) is 12.9. The van der Waals surface area contributed by atoms with Crippen LogP contribution in [0.1, 0.15) is 44.4 Å². The van der Waals surface area contributed by atoms with Gasteiger partial charge in [0.05, 0.1) is 5.41 Å². The Morgan fingerprint density at radius 3 is 2.05 bits per heavy atom. The fourth-order valence-electron chi connectivity index (χ4n) is 2.30. The molecule has 2 aromatic carbocycles. The summed E-state index contributed by atoms with van der Waals surface area (Å²) in [7, 11) is 0. The number of benzene rings is 2. The van der Waals surface area contributed by atoms with Crippen LogP contribution in [0.2, 0.25) is 0 Å². The van der Waals surface area contributed by atoms with E-state index in [1.807, 2.05) is 81.4 Å². The molecule has 21 heavy (non-hydrogen) atoms. The number of hydrogen-bond donors (Lipinski definition) is 0. The molecule has 0 radical (unpaired) electrons. The second-order valence-corrected chi connectivity index (χ2v) is 5.70. The zero-order chi connectivity index (χ0) is 15.3. The molecule has 0 aromatic heterocycles. The van der Waals surface area contributed by atoms with Gasteiger partial charge in [0.2, 0.25) is 0 Å². The summed E-state index contributed by atoms with van der Waals surface area (Å²) in [6.07, 6.45) is 0.572. The van der Waals surface area contributed by atoms with Crippen molar-refractivity contribution in [1.82, 2.24) is 0 Å². The van der Waals surface area contributed by atoms with Crippen LogP contribution in [0.5, 0.6) is 0 Å². The van der Waals surface area contributed by atoms with E-state index in [9.17, 15) is 4.79 Å². The van der Waals surface area contributed by atoms with Crippen molar-refractivity contribution in [1.29, 1.82) is 0 Å². The summed E-state index contributed by atoms with van der Waals surface area (Å²) in [5.74, 6) is -0.190. The van der Waals surface area contributed by atoms with E-state index in [0.717, 1.165) is 17.5 Å². The Labute approximate surface area is 126 Å². The Hall–Kier alpha value is -2.09. The van der Waals surface area contributed by atoms with Gasteiger partial charge in [0.1, 0.15) is 6.10 Å². The molecule has 2 heteroatoms. The first kappa shape index (κ1) is 15.3. The average Bonchev–Trinajstić information content (AvgIpc) is 2.54. The molecule has 0 saturated heterocycles. The van der Waals surface area contributed by atoms with Crippen LogP contribution in [-0.2, 0) is 14.9 Å². The highest BCUT2D eigenvalue weighted by molar-refractivity contribution is 5.82. The minimum atomic E-state index is -0.649. The van der Waals surface area contributed by atoms with Crippen LogP contribution < -0.4 is 0 Å². The molecule has 110 valence electrons. The van der Waals surface area contributed by atoms with Crippen LogP contribution in [-0.4, -0.2) is 5.97 Å². The van der Waals surface area contributed by atoms with E-state index < -0.39 is 5.41 Å². The summed E-state index contributed by atoms with van der Waals surface area (Å²) in [6.45, 7) is 5.84. The Bertz CT molecular complexity index is 573. The molecular weight excluding hydrogens is 260 g/mol. The fraction of sp³-hybridized carbons (Fsp3) is 0.316. The van der Waals surface area contributed by atoms with Gasteiger partial charge in [-0.2, -0.15) is 0 Å². The first-order valence-electron chi connectivity index (χ1n) is 7.37. The van der Waals surface area contributed by atoms with E-state index in [2.05, 4.69) is 0 Å². The SMILES string of the molecule is CCC(OC(=O)C(C)(C)c1ccccc1)c1ccccc1. The van der Waals surface area contributed by atoms with Gasteiger partial charge in [-0.3, -0.25) is 4.79 Å². The Morgan fingerprint density at radius 1 is 1.00 bits per heavy atom. The molecule has 2 nitrogen and oxygen atoms in total. The van der Waals surface area contributed by atoms with E-state index >= 15 is 0 Å². The normalized spacial score (nSPS) is 12.7. The van der Waals surface area contributed by atoms with Crippen LogP contribution in [0.25, 0.3) is 0 Å². The van der Waals surface area contributed by atoms with Crippen molar-refractivity contribution in [3.8, 4) is 0 Å². The molecule has 0 fully saturated rings. The van der Waals surface area contributed by atoms with Crippen LogP contribution >= 0.6 is 0 Å². The first-order chi connectivity index (χ1) is 10.1. The topological polar surface area (TPSA) is 26.3 Å². The largest absolute Gasteiger partial charge is 0.457 e. The maximum Gasteiger partial charge on any atom is 0.316 e. The van der Waals surface area contributed by atoms with Crippen molar-refractivity contribution < 1.29 is 9.53 Å². The van der Waals surface area contributed by atoms with E-state index in [4.69, 9.17) is 4.74 Å². The molecule has 2 aromatic rings. The van der Waals surface area contributed by atoms with Crippen molar-refractivity contribution in [3.63, 3.8) is 0 Å². The molecular formula is C19H22O2. The van der Waals surface area contributed by atoms with E-state index in [1.165, 1.54) is 0 Å². The number of carbonyl (C=O) groups excluding carboxylic acids is 1. The first-order valence-corrected chi connectivity index (χ1v) is 7.37. The molecule has 1 unspecified atom stereocenters. The smallest absolute Gasteiger partial charge is 0.316 e. The maximum absolute atomic E-state index is 12.6. The lowest BCUT2D eigenvalue weighted by Gasteiger charge is -2.26. The molecule has 1 atom stereocenters. The van der Waals surface area contributed by atoms with Crippen LogP contribution in [0.15, 0.2) is 60.7 Å². The summed E-state index contributed by atoms with van der Waals surface area (Å²) in [4.78, 5) is 12.6. The predicted molar refractivity (Wildman–Crippen MR) is 85.0 cm³/mol. The summed E-state index contributed by atoms with van der Waals surface area (Å²) in [5.41, 5.74) is 1.36. The molecule has 0 amide bonds. The second-order valence-electron chi connectivity index (χ2n) is 5.70. The van der Waals surface area contributed by atoms with Crippen LogP contribution in [0.3, 0.4) is 0 Å². The second kappa shape index (κ2) is 6.57. The van der Waals surface area contributed by atoms with E-state index in [-0.39, 0.29) is 12.1 Å². The lowest BCUT2D eigenvalue weighted by molar-refractivity contribution is -0.155. The van der Waals surface area contributed by atoms with Crippen molar-refractivity contribution in [2.75, 3.05) is 0 Å². The highest BCUT2D eigenvalue weighted by atomic mass is 16.5. The number of rotatable bonds is 5. The predicted octanol–water partition coefficient (Wildman–Crippen LogP) is 4.66. The third-order valence-electron chi connectivity index (χ3n) is 3.80. The molecule has 0 heterocycles. The van der Waals surface area contributed by atoms with Gasteiger partial charge in [-0.1, -0.05) is 67.6 Å². The van der Waals surface area contributed by atoms with Gasteiger partial charge < -0.3 is 4.74 Å².